The van der Waals surface area contributed by atoms with E-state index in [1.165, 1.54) is 11.8 Å². The highest BCUT2D eigenvalue weighted by molar-refractivity contribution is 5.96. The van der Waals surface area contributed by atoms with Crippen molar-refractivity contribution in [1.82, 2.24) is 10.3 Å². The number of nitrogens with one attached hydrogen (secondary N) is 2. The summed E-state index contributed by atoms with van der Waals surface area (Å²) in [5.41, 5.74) is 2.10. The van der Waals surface area contributed by atoms with Gasteiger partial charge in [0.25, 0.3) is 0 Å². The lowest BCUT2D eigenvalue weighted by molar-refractivity contribution is -0.119. The molecule has 4 rings (SSSR count). The van der Waals surface area contributed by atoms with Crippen LogP contribution in [0.4, 0.5) is 10.5 Å². The molecule has 1 aromatic heterocycles. The number of aromatic nitrogens is 1. The number of aryl methyl sites for hydroxylation is 1. The van der Waals surface area contributed by atoms with Crippen LogP contribution in [0.2, 0.25) is 0 Å². The number of carbonyl (C=O) groups excluding carboxylic acids is 2. The van der Waals surface area contributed by atoms with E-state index in [2.05, 4.69) is 27.8 Å². The first-order valence-electron chi connectivity index (χ1n) is 12.9. The molecule has 0 radical (unpaired) electrons. The van der Waals surface area contributed by atoms with Gasteiger partial charge in [0.15, 0.2) is 0 Å². The van der Waals surface area contributed by atoms with Gasteiger partial charge in [0.05, 0.1) is 11.9 Å². The van der Waals surface area contributed by atoms with E-state index >= 15 is 0 Å². The van der Waals surface area contributed by atoms with Gasteiger partial charge in [0.2, 0.25) is 11.8 Å². The van der Waals surface area contributed by atoms with E-state index in [-0.39, 0.29) is 17.9 Å². The van der Waals surface area contributed by atoms with Gasteiger partial charge in [-0.05, 0) is 74.9 Å². The fourth-order valence-electron chi connectivity index (χ4n) is 4.16. The van der Waals surface area contributed by atoms with Crippen molar-refractivity contribution in [3.63, 3.8) is 0 Å². The van der Waals surface area contributed by atoms with Crippen molar-refractivity contribution < 1.29 is 23.8 Å². The van der Waals surface area contributed by atoms with Crippen LogP contribution in [0.25, 0.3) is 0 Å². The molecule has 0 aliphatic carbocycles. The highest BCUT2D eigenvalue weighted by Gasteiger charge is 2.27. The molecule has 0 bridgehead atoms. The third-order valence-corrected chi connectivity index (χ3v) is 6.00. The Balaban J connectivity index is 1.35. The maximum absolute atomic E-state index is 12.8. The molecule has 2 amide bonds. The summed E-state index contributed by atoms with van der Waals surface area (Å²) in [6.45, 7) is 9.01. The summed E-state index contributed by atoms with van der Waals surface area (Å²) in [6, 6.07) is 18.6. The molecule has 2 aromatic carbocycles. The van der Waals surface area contributed by atoms with Gasteiger partial charge < -0.3 is 24.8 Å². The van der Waals surface area contributed by atoms with Crippen LogP contribution in [-0.2, 0) is 16.0 Å². The predicted octanol–water partition coefficient (Wildman–Crippen LogP) is 6.43. The van der Waals surface area contributed by atoms with Crippen LogP contribution in [0.1, 0.15) is 58.3 Å². The zero-order chi connectivity index (χ0) is 27.3. The second kappa shape index (κ2) is 11.5. The molecule has 2 N–H and O–H groups in total. The van der Waals surface area contributed by atoms with E-state index in [4.69, 9.17) is 14.2 Å². The minimum atomic E-state index is -0.764. The van der Waals surface area contributed by atoms with Crippen LogP contribution in [0, 0.1) is 5.92 Å². The Morgan fingerprint density at radius 1 is 1.05 bits per heavy atom. The lowest BCUT2D eigenvalue weighted by Crippen LogP contribution is -2.48. The number of carbonyl (C=O) groups is 2. The second-order valence-corrected chi connectivity index (χ2v) is 10.7. The Labute approximate surface area is 223 Å². The first kappa shape index (κ1) is 27.0. The zero-order valence-electron chi connectivity index (χ0n) is 22.5. The summed E-state index contributed by atoms with van der Waals surface area (Å²) in [7, 11) is 0. The zero-order valence-corrected chi connectivity index (χ0v) is 22.5. The van der Waals surface area contributed by atoms with Crippen molar-refractivity contribution in [2.24, 2.45) is 5.92 Å². The minimum Gasteiger partial charge on any atom is -0.485 e. The van der Waals surface area contributed by atoms with Gasteiger partial charge in [0, 0.05) is 6.07 Å². The summed E-state index contributed by atoms with van der Waals surface area (Å²) in [5.74, 6) is 1.42. The topological polar surface area (TPSA) is 98.8 Å². The molecule has 3 aromatic rings. The molecule has 1 aliphatic heterocycles. The number of hydrogen-bond donors (Lipinski definition) is 2. The van der Waals surface area contributed by atoms with Gasteiger partial charge in [0.1, 0.15) is 29.2 Å². The summed E-state index contributed by atoms with van der Waals surface area (Å²) >= 11 is 0. The molecular formula is C30H35N3O5. The van der Waals surface area contributed by atoms with Crippen molar-refractivity contribution in [3.8, 4) is 17.4 Å². The second-order valence-electron chi connectivity index (χ2n) is 10.7. The maximum Gasteiger partial charge on any atom is 0.408 e. The van der Waals surface area contributed by atoms with Crippen molar-refractivity contribution in [2.75, 3.05) is 5.32 Å². The molecule has 2 heterocycles. The summed E-state index contributed by atoms with van der Waals surface area (Å²) in [4.78, 5) is 29.3. The first-order chi connectivity index (χ1) is 18.1. The molecule has 1 aliphatic rings. The number of anilines is 1. The SMILES string of the molecule is CC(C)[C@@H](NC(=O)OC(C)(C)C)C(=O)Nc1ccc(Oc2ccc3c(c2)CCC(c2ccccc2)O3)nc1. The Morgan fingerprint density at radius 3 is 2.47 bits per heavy atom. The molecule has 38 heavy (non-hydrogen) atoms. The number of alkyl carbamates (subject to hydrolysis) is 1. The normalized spacial score (nSPS) is 15.6. The van der Waals surface area contributed by atoms with Crippen LogP contribution in [0.5, 0.6) is 17.4 Å². The first-order valence-corrected chi connectivity index (χ1v) is 12.9. The van der Waals surface area contributed by atoms with Crippen LogP contribution < -0.4 is 20.1 Å². The number of ether oxygens (including phenoxy) is 3. The monoisotopic (exact) mass is 517 g/mol. The number of hydrogen-bond acceptors (Lipinski definition) is 6. The standard InChI is InChI=1S/C30H35N3O5/c1-19(2)27(33-29(35)38-30(3,4)5)28(34)32-22-12-16-26(31-18-22)36-23-13-15-25-21(17-23)11-14-24(37-25)20-9-7-6-8-10-20/h6-10,12-13,15-19,24,27H,11,14H2,1-5H3,(H,32,34)(H,33,35)/t24?,27-/m1/s1. The van der Waals surface area contributed by atoms with Crippen LogP contribution in [0.15, 0.2) is 66.9 Å². The van der Waals surface area contributed by atoms with E-state index in [0.717, 1.165) is 24.2 Å². The van der Waals surface area contributed by atoms with E-state index < -0.39 is 17.7 Å². The van der Waals surface area contributed by atoms with Crippen molar-refractivity contribution in [2.45, 2.75) is 65.2 Å². The van der Waals surface area contributed by atoms with Crippen LogP contribution in [0.3, 0.4) is 0 Å². The number of nitrogens with zero attached hydrogens (tertiary/aromatic N) is 1. The predicted molar refractivity (Wildman–Crippen MR) is 146 cm³/mol. The minimum absolute atomic E-state index is 0.0505. The smallest absolute Gasteiger partial charge is 0.408 e. The molecule has 2 atom stereocenters. The fourth-order valence-corrected chi connectivity index (χ4v) is 4.16. The lowest BCUT2D eigenvalue weighted by atomic mass is 9.97. The van der Waals surface area contributed by atoms with Gasteiger partial charge in [-0.2, -0.15) is 0 Å². The maximum atomic E-state index is 12.8. The van der Waals surface area contributed by atoms with E-state index in [0.29, 0.717) is 17.3 Å². The largest absolute Gasteiger partial charge is 0.485 e. The number of benzene rings is 2. The molecule has 8 nitrogen and oxygen atoms in total. The highest BCUT2D eigenvalue weighted by atomic mass is 16.6. The number of amides is 2. The number of rotatable bonds is 7. The third kappa shape index (κ3) is 7.25. The van der Waals surface area contributed by atoms with Gasteiger partial charge in [-0.15, -0.1) is 0 Å². The fraction of sp³-hybridized carbons (Fsp3) is 0.367. The van der Waals surface area contributed by atoms with E-state index in [1.807, 2.05) is 50.2 Å². The van der Waals surface area contributed by atoms with Gasteiger partial charge in [-0.25, -0.2) is 9.78 Å². The van der Waals surface area contributed by atoms with E-state index in [9.17, 15) is 9.59 Å². The highest BCUT2D eigenvalue weighted by Crippen LogP contribution is 2.37. The number of pyridine rings is 1. The molecule has 0 saturated carbocycles. The Hall–Kier alpha value is -4.07. The summed E-state index contributed by atoms with van der Waals surface area (Å²) < 4.78 is 17.4. The quantitative estimate of drug-likeness (QED) is 0.375. The Bertz CT molecular complexity index is 1250. The van der Waals surface area contributed by atoms with Crippen LogP contribution in [-0.4, -0.2) is 28.6 Å². The van der Waals surface area contributed by atoms with Crippen molar-refractivity contribution in [1.29, 1.82) is 0 Å². The molecule has 0 fully saturated rings. The third-order valence-electron chi connectivity index (χ3n) is 6.00. The molecule has 0 saturated heterocycles. The molecule has 200 valence electrons. The van der Waals surface area contributed by atoms with Crippen molar-refractivity contribution in [3.05, 3.63) is 78.0 Å². The van der Waals surface area contributed by atoms with Gasteiger partial charge in [-0.3, -0.25) is 4.79 Å². The van der Waals surface area contributed by atoms with Gasteiger partial charge in [-0.1, -0.05) is 44.2 Å². The summed E-state index contributed by atoms with van der Waals surface area (Å²) in [5, 5.41) is 5.44. The van der Waals surface area contributed by atoms with E-state index in [1.54, 1.807) is 32.9 Å². The molecular weight excluding hydrogens is 482 g/mol. The molecule has 0 spiro atoms. The molecule has 8 heteroatoms. The van der Waals surface area contributed by atoms with Gasteiger partial charge >= 0.3 is 6.09 Å². The number of fused-ring (bicyclic) bond motifs is 1. The van der Waals surface area contributed by atoms with Crippen LogP contribution >= 0.6 is 0 Å². The average molecular weight is 518 g/mol. The summed E-state index contributed by atoms with van der Waals surface area (Å²) in [6.07, 6.45) is 2.71. The Morgan fingerprint density at radius 2 is 1.82 bits per heavy atom. The Kier molecular flexibility index (Phi) is 8.20. The average Bonchev–Trinajstić information content (AvgIpc) is 2.87. The van der Waals surface area contributed by atoms with Crippen molar-refractivity contribution >= 4 is 17.7 Å². The molecule has 1 unspecified atom stereocenters. The lowest BCUT2D eigenvalue weighted by Gasteiger charge is -2.26.